The summed E-state index contributed by atoms with van der Waals surface area (Å²) in [5.74, 6) is 0. The van der Waals surface area contributed by atoms with Gasteiger partial charge in [-0.15, -0.1) is 21.5 Å². The van der Waals surface area contributed by atoms with Crippen LogP contribution in [-0.2, 0) is 32.7 Å². The number of benzene rings is 1. The van der Waals surface area contributed by atoms with E-state index in [9.17, 15) is 5.11 Å². The molecule has 0 aliphatic carbocycles. The fraction of sp³-hybridized carbons (Fsp3) is 0.333. The Hall–Kier alpha value is 0.360. The molecule has 0 saturated carbocycles. The molecular weight excluding hydrogens is 417 g/mol. The van der Waals surface area contributed by atoms with Crippen LogP contribution in [0.2, 0.25) is 0 Å². The zero-order chi connectivity index (χ0) is 8.60. The molecule has 0 amide bonds. The molecule has 1 aromatic carbocycles. The third-order valence-corrected chi connectivity index (χ3v) is 2.43. The Kier molecular flexibility index (Phi) is 3.74. The van der Waals surface area contributed by atoms with Crippen LogP contribution in [0.1, 0.15) is 5.56 Å². The molecule has 1 heterocycles. The maximum atomic E-state index is 9.84. The van der Waals surface area contributed by atoms with E-state index < -0.39 is 5.60 Å². The molecule has 0 radical (unpaired) electrons. The summed E-state index contributed by atoms with van der Waals surface area (Å²) in [6.45, 7) is 0.772. The topological polar surface area (TPSA) is 29.5 Å². The van der Waals surface area contributed by atoms with Gasteiger partial charge < -0.3 is 9.84 Å². The van der Waals surface area contributed by atoms with E-state index in [0.29, 0.717) is 13.2 Å². The fourth-order valence-corrected chi connectivity index (χ4v) is 1.55. The smallest absolute Gasteiger partial charge is 0.393 e. The first-order chi connectivity index (χ1) is 5.71. The van der Waals surface area contributed by atoms with Crippen LogP contribution in [0.15, 0.2) is 22.7 Å². The largest absolute Gasteiger partial charge is 1.00 e. The second-order valence-electron chi connectivity index (χ2n) is 2.96. The van der Waals surface area contributed by atoms with Crippen molar-refractivity contribution in [3.05, 3.63) is 34.3 Å². The molecule has 0 atom stereocenters. The molecule has 1 fully saturated rings. The number of hydrogen-bond acceptors (Lipinski definition) is 2. The summed E-state index contributed by atoms with van der Waals surface area (Å²) >= 11 is 3.32. The second-order valence-corrected chi connectivity index (χ2v) is 3.88. The van der Waals surface area contributed by atoms with Crippen molar-refractivity contribution in [2.75, 3.05) is 13.2 Å². The SMILES string of the molecule is OC1(c2c[c-]cc(Br)c2)COC1.[Au+]. The summed E-state index contributed by atoms with van der Waals surface area (Å²) in [4.78, 5) is 0. The predicted molar refractivity (Wildman–Crippen MR) is 47.7 cm³/mol. The normalized spacial score (nSPS) is 18.6. The van der Waals surface area contributed by atoms with Crippen LogP contribution < -0.4 is 0 Å². The van der Waals surface area contributed by atoms with E-state index in [-0.39, 0.29) is 22.4 Å². The molecule has 1 aromatic rings. The van der Waals surface area contributed by atoms with Crippen LogP contribution in [0.5, 0.6) is 0 Å². The van der Waals surface area contributed by atoms with E-state index >= 15 is 0 Å². The average molecular weight is 425 g/mol. The van der Waals surface area contributed by atoms with E-state index in [1.807, 2.05) is 12.1 Å². The standard InChI is InChI=1S/C9H8BrO2.Au/c10-8-3-1-2-7(4-8)9(11)5-12-6-9;/h2-4,11H,5-6H2;/q-1;+1. The molecular formula is C9H8AuBrO2. The van der Waals surface area contributed by atoms with Crippen LogP contribution in [0.4, 0.5) is 0 Å². The first-order valence-electron chi connectivity index (χ1n) is 3.68. The summed E-state index contributed by atoms with van der Waals surface area (Å²) in [7, 11) is 0. The summed E-state index contributed by atoms with van der Waals surface area (Å²) in [6, 6.07) is 8.43. The van der Waals surface area contributed by atoms with E-state index in [1.165, 1.54) is 0 Å². The van der Waals surface area contributed by atoms with E-state index in [0.717, 1.165) is 10.0 Å². The molecule has 1 saturated heterocycles. The molecule has 13 heavy (non-hydrogen) atoms. The number of aliphatic hydroxyl groups is 1. The van der Waals surface area contributed by atoms with Crippen molar-refractivity contribution in [1.82, 2.24) is 0 Å². The number of halogens is 1. The molecule has 1 aliphatic rings. The molecule has 4 heteroatoms. The van der Waals surface area contributed by atoms with Gasteiger partial charge in [0.1, 0.15) is 0 Å². The second kappa shape index (κ2) is 4.26. The van der Waals surface area contributed by atoms with Crippen LogP contribution in [0, 0.1) is 6.07 Å². The summed E-state index contributed by atoms with van der Waals surface area (Å²) in [5.41, 5.74) is 0.0865. The van der Waals surface area contributed by atoms with Crippen LogP contribution in [0.25, 0.3) is 0 Å². The van der Waals surface area contributed by atoms with Gasteiger partial charge in [0, 0.05) is 0 Å². The molecule has 0 unspecified atom stereocenters. The van der Waals surface area contributed by atoms with Gasteiger partial charge in [0.2, 0.25) is 0 Å². The van der Waals surface area contributed by atoms with Crippen LogP contribution >= 0.6 is 15.9 Å². The van der Waals surface area contributed by atoms with Crippen molar-refractivity contribution < 1.29 is 32.2 Å². The van der Waals surface area contributed by atoms with Gasteiger partial charge in [0.25, 0.3) is 0 Å². The average Bonchev–Trinajstić information content (AvgIpc) is 2.00. The van der Waals surface area contributed by atoms with Gasteiger partial charge in [-0.2, -0.15) is 24.3 Å². The maximum Gasteiger partial charge on any atom is 1.00 e. The van der Waals surface area contributed by atoms with Crippen molar-refractivity contribution >= 4 is 15.9 Å². The predicted octanol–water partition coefficient (Wildman–Crippen LogP) is 1.46. The van der Waals surface area contributed by atoms with Gasteiger partial charge in [-0.1, -0.05) is 4.47 Å². The molecule has 1 aliphatic heterocycles. The quantitative estimate of drug-likeness (QED) is 0.546. The van der Waals surface area contributed by atoms with E-state index in [2.05, 4.69) is 22.0 Å². The Bertz CT molecular complexity index is 299. The van der Waals surface area contributed by atoms with Crippen molar-refractivity contribution in [2.45, 2.75) is 5.60 Å². The van der Waals surface area contributed by atoms with Gasteiger partial charge in [0.15, 0.2) is 0 Å². The van der Waals surface area contributed by atoms with Gasteiger partial charge in [-0.05, 0) is 0 Å². The van der Waals surface area contributed by atoms with Gasteiger partial charge in [-0.25, -0.2) is 0 Å². The zero-order valence-electron chi connectivity index (χ0n) is 6.68. The first kappa shape index (κ1) is 11.4. The summed E-state index contributed by atoms with van der Waals surface area (Å²) in [5, 5.41) is 9.84. The third kappa shape index (κ3) is 2.24. The number of ether oxygens (including phenoxy) is 1. The molecule has 2 nitrogen and oxygen atoms in total. The third-order valence-electron chi connectivity index (χ3n) is 1.97. The Labute approximate surface area is 101 Å². The van der Waals surface area contributed by atoms with Crippen LogP contribution in [-0.4, -0.2) is 18.3 Å². The fourth-order valence-electron chi connectivity index (χ4n) is 1.17. The van der Waals surface area contributed by atoms with Gasteiger partial charge in [-0.3, -0.25) is 0 Å². The molecule has 2 rings (SSSR count). The van der Waals surface area contributed by atoms with Gasteiger partial charge >= 0.3 is 22.4 Å². The number of rotatable bonds is 1. The summed E-state index contributed by atoms with van der Waals surface area (Å²) in [6.07, 6.45) is 0. The zero-order valence-corrected chi connectivity index (χ0v) is 10.4. The molecule has 0 bridgehead atoms. The maximum absolute atomic E-state index is 9.84. The van der Waals surface area contributed by atoms with Crippen molar-refractivity contribution in [3.63, 3.8) is 0 Å². The first-order valence-corrected chi connectivity index (χ1v) is 4.47. The Morgan fingerprint density at radius 2 is 2.15 bits per heavy atom. The monoisotopic (exact) mass is 424 g/mol. The van der Waals surface area contributed by atoms with E-state index in [1.54, 1.807) is 6.07 Å². The molecule has 1 N–H and O–H groups in total. The minimum Gasteiger partial charge on any atom is -0.393 e. The number of hydrogen-bond donors (Lipinski definition) is 1. The van der Waals surface area contributed by atoms with Crippen LogP contribution in [0.3, 0.4) is 0 Å². The Morgan fingerprint density at radius 1 is 1.46 bits per heavy atom. The Balaban J connectivity index is 0.000000845. The van der Waals surface area contributed by atoms with E-state index in [4.69, 9.17) is 4.74 Å². The molecule has 0 spiro atoms. The van der Waals surface area contributed by atoms with Crippen molar-refractivity contribution in [2.24, 2.45) is 0 Å². The van der Waals surface area contributed by atoms with Crippen molar-refractivity contribution in [3.8, 4) is 0 Å². The minimum absolute atomic E-state index is 0. The summed E-state index contributed by atoms with van der Waals surface area (Å²) < 4.78 is 5.88. The Morgan fingerprint density at radius 3 is 2.62 bits per heavy atom. The van der Waals surface area contributed by atoms with Crippen molar-refractivity contribution in [1.29, 1.82) is 0 Å². The minimum atomic E-state index is -0.777. The molecule has 0 aromatic heterocycles. The molecule has 74 valence electrons. The van der Waals surface area contributed by atoms with Gasteiger partial charge in [0.05, 0.1) is 18.8 Å².